The average Bonchev–Trinajstić information content (AvgIpc) is 3.65. The Labute approximate surface area is 264 Å². The predicted molar refractivity (Wildman–Crippen MR) is 168 cm³/mol. The summed E-state index contributed by atoms with van der Waals surface area (Å²) in [4.78, 5) is 43.1. The number of rotatable bonds is 8. The highest BCUT2D eigenvalue weighted by Gasteiger charge is 2.41. The average molecular weight is 616 g/mol. The van der Waals surface area contributed by atoms with Crippen LogP contribution >= 0.6 is 0 Å². The minimum atomic E-state index is -1.02. The number of likely N-dealkylation sites (tertiary alicyclic amines) is 1. The minimum absolute atomic E-state index is 0.0168. The van der Waals surface area contributed by atoms with Crippen molar-refractivity contribution in [2.75, 3.05) is 45.9 Å². The van der Waals surface area contributed by atoms with Gasteiger partial charge in [-0.15, -0.1) is 0 Å². The number of halogens is 1. The molecule has 3 aliphatic heterocycles. The maximum absolute atomic E-state index is 13.6. The van der Waals surface area contributed by atoms with Crippen LogP contribution in [0.2, 0.25) is 0 Å². The molecular formula is C35H42FN5O4. The van der Waals surface area contributed by atoms with Crippen LogP contribution in [0.4, 0.5) is 4.39 Å². The first-order chi connectivity index (χ1) is 21.9. The van der Waals surface area contributed by atoms with E-state index in [0.29, 0.717) is 25.1 Å². The normalized spacial score (nSPS) is 25.2. The van der Waals surface area contributed by atoms with Gasteiger partial charge >= 0.3 is 0 Å². The molecule has 4 atom stereocenters. The van der Waals surface area contributed by atoms with E-state index in [9.17, 15) is 18.8 Å². The van der Waals surface area contributed by atoms with Gasteiger partial charge in [-0.05, 0) is 61.2 Å². The number of morpholine rings is 1. The van der Waals surface area contributed by atoms with E-state index in [-0.39, 0.29) is 48.7 Å². The molecule has 6 rings (SSSR count). The summed E-state index contributed by atoms with van der Waals surface area (Å²) in [6.45, 7) is 5.27. The predicted octanol–water partition coefficient (Wildman–Crippen LogP) is 2.23. The lowest BCUT2D eigenvalue weighted by Gasteiger charge is -2.32. The van der Waals surface area contributed by atoms with Gasteiger partial charge in [0.1, 0.15) is 6.17 Å². The molecule has 0 radical (unpaired) electrons. The summed E-state index contributed by atoms with van der Waals surface area (Å²) >= 11 is 0. The van der Waals surface area contributed by atoms with Crippen LogP contribution < -0.4 is 16.0 Å². The first kappa shape index (κ1) is 31.2. The molecule has 1 saturated carbocycles. The minimum Gasteiger partial charge on any atom is -0.379 e. The van der Waals surface area contributed by atoms with Crippen LogP contribution in [0.25, 0.3) is 0 Å². The van der Waals surface area contributed by atoms with E-state index in [0.717, 1.165) is 63.2 Å². The zero-order valence-corrected chi connectivity index (χ0v) is 25.6. The molecule has 0 aromatic heterocycles. The number of hydrogen-bond acceptors (Lipinski definition) is 6. The number of nitrogens with zero attached hydrogens (tertiary/aromatic N) is 2. The monoisotopic (exact) mass is 615 g/mol. The Balaban J connectivity index is 1.01. The zero-order valence-electron chi connectivity index (χ0n) is 25.6. The van der Waals surface area contributed by atoms with Crippen LogP contribution in [0.3, 0.4) is 0 Å². The molecule has 10 heteroatoms. The highest BCUT2D eigenvalue weighted by atomic mass is 19.1. The van der Waals surface area contributed by atoms with E-state index in [1.165, 1.54) is 5.56 Å². The van der Waals surface area contributed by atoms with Gasteiger partial charge in [-0.3, -0.25) is 19.3 Å². The summed E-state index contributed by atoms with van der Waals surface area (Å²) < 4.78 is 19.0. The fourth-order valence-electron chi connectivity index (χ4n) is 6.44. The second-order valence-corrected chi connectivity index (χ2v) is 12.6. The van der Waals surface area contributed by atoms with Crippen LogP contribution in [-0.4, -0.2) is 97.8 Å². The second kappa shape index (κ2) is 14.5. The Morgan fingerprint density at radius 2 is 1.64 bits per heavy atom. The molecule has 3 N–H and O–H groups in total. The quantitative estimate of drug-likeness (QED) is 0.394. The largest absolute Gasteiger partial charge is 0.379 e. The summed E-state index contributed by atoms with van der Waals surface area (Å²) in [5.41, 5.74) is 3.51. The lowest BCUT2D eigenvalue weighted by molar-refractivity contribution is -0.139. The SMILES string of the molecule is O=C(NC[C@H]1C[C@@H](NC(=O)[C@@H]2C[C@H](F)CN2)CN1C(=O)C1CCC1)c1ccc(C#Cc2ccc(CN3CCOCC3)cc2)cc1. The summed E-state index contributed by atoms with van der Waals surface area (Å²) in [7, 11) is 0. The van der Waals surface area contributed by atoms with Crippen molar-refractivity contribution >= 4 is 17.7 Å². The van der Waals surface area contributed by atoms with Gasteiger partial charge in [-0.2, -0.15) is 0 Å². The number of amides is 3. The molecular weight excluding hydrogens is 573 g/mol. The van der Waals surface area contributed by atoms with Gasteiger partial charge in [0.2, 0.25) is 11.8 Å². The zero-order chi connectivity index (χ0) is 31.2. The third kappa shape index (κ3) is 8.09. The van der Waals surface area contributed by atoms with Crippen molar-refractivity contribution in [2.24, 2.45) is 5.92 Å². The van der Waals surface area contributed by atoms with E-state index < -0.39 is 12.2 Å². The number of benzene rings is 2. The van der Waals surface area contributed by atoms with E-state index in [2.05, 4.69) is 44.8 Å². The molecule has 2 aromatic carbocycles. The molecule has 3 saturated heterocycles. The molecule has 3 heterocycles. The fourth-order valence-corrected chi connectivity index (χ4v) is 6.44. The molecule has 0 spiro atoms. The topological polar surface area (TPSA) is 103 Å². The number of hydrogen-bond donors (Lipinski definition) is 3. The summed E-state index contributed by atoms with van der Waals surface area (Å²) in [5, 5.41) is 8.92. The number of carbonyl (C=O) groups excluding carboxylic acids is 3. The molecule has 45 heavy (non-hydrogen) atoms. The van der Waals surface area contributed by atoms with Crippen LogP contribution in [0, 0.1) is 17.8 Å². The molecule has 4 aliphatic rings. The molecule has 238 valence electrons. The second-order valence-electron chi connectivity index (χ2n) is 12.6. The van der Waals surface area contributed by atoms with E-state index >= 15 is 0 Å². The van der Waals surface area contributed by atoms with Gasteiger partial charge in [-0.1, -0.05) is 30.4 Å². The molecule has 0 unspecified atom stereocenters. The molecule has 0 bridgehead atoms. The Bertz CT molecular complexity index is 1410. The van der Waals surface area contributed by atoms with Crippen molar-refractivity contribution in [3.05, 3.63) is 70.8 Å². The van der Waals surface area contributed by atoms with E-state index in [1.54, 1.807) is 12.1 Å². The van der Waals surface area contributed by atoms with Crippen molar-refractivity contribution < 1.29 is 23.5 Å². The standard InChI is InChI=1S/C35H42FN5O4/c36-29-18-32(37-20-29)34(43)39-30-19-31(41(23-30)35(44)28-2-1-3-28)21-38-33(42)27-12-10-25(11-13-27)5-4-24-6-8-26(9-7-24)22-40-14-16-45-17-15-40/h6-13,28-32,37H,1-3,14-23H2,(H,38,42)(H,39,43)/t29-,30+,31+,32-/m0/s1. The summed E-state index contributed by atoms with van der Waals surface area (Å²) in [6, 6.07) is 14.5. The maximum Gasteiger partial charge on any atom is 0.251 e. The fraction of sp³-hybridized carbons (Fsp3) is 0.514. The Hall–Kier alpha value is -3.78. The van der Waals surface area contributed by atoms with Gasteiger partial charge in [0.15, 0.2) is 0 Å². The Morgan fingerprint density at radius 3 is 2.27 bits per heavy atom. The van der Waals surface area contributed by atoms with Gasteiger partial charge in [-0.25, -0.2) is 4.39 Å². The van der Waals surface area contributed by atoms with Crippen molar-refractivity contribution in [2.45, 2.75) is 62.9 Å². The molecule has 1 aliphatic carbocycles. The summed E-state index contributed by atoms with van der Waals surface area (Å²) in [5.74, 6) is 6.03. The number of carbonyl (C=O) groups is 3. The van der Waals surface area contributed by atoms with Gasteiger partial charge in [0.05, 0.1) is 25.3 Å². The van der Waals surface area contributed by atoms with Crippen LogP contribution in [0.1, 0.15) is 59.2 Å². The molecule has 4 fully saturated rings. The van der Waals surface area contributed by atoms with Crippen LogP contribution in [0.5, 0.6) is 0 Å². The third-order valence-electron chi connectivity index (χ3n) is 9.35. The van der Waals surface area contributed by atoms with Crippen molar-refractivity contribution in [1.82, 2.24) is 25.8 Å². The smallest absolute Gasteiger partial charge is 0.251 e. The van der Waals surface area contributed by atoms with Crippen molar-refractivity contribution in [1.29, 1.82) is 0 Å². The molecule has 9 nitrogen and oxygen atoms in total. The van der Waals surface area contributed by atoms with Crippen molar-refractivity contribution in [3.8, 4) is 11.8 Å². The van der Waals surface area contributed by atoms with E-state index in [4.69, 9.17) is 4.74 Å². The first-order valence-electron chi connectivity index (χ1n) is 16.2. The lowest BCUT2D eigenvalue weighted by Crippen LogP contribution is -2.48. The third-order valence-corrected chi connectivity index (χ3v) is 9.35. The summed E-state index contributed by atoms with van der Waals surface area (Å²) in [6.07, 6.45) is 2.49. The van der Waals surface area contributed by atoms with Gasteiger partial charge < -0.3 is 25.6 Å². The highest BCUT2D eigenvalue weighted by Crippen LogP contribution is 2.31. The highest BCUT2D eigenvalue weighted by molar-refractivity contribution is 5.94. The maximum atomic E-state index is 13.6. The Morgan fingerprint density at radius 1 is 0.956 bits per heavy atom. The molecule has 3 amide bonds. The van der Waals surface area contributed by atoms with E-state index in [1.807, 2.05) is 29.2 Å². The van der Waals surface area contributed by atoms with Gasteiger partial charge in [0.25, 0.3) is 5.91 Å². The number of alkyl halides is 1. The number of ether oxygens (including phenoxy) is 1. The first-order valence-corrected chi connectivity index (χ1v) is 16.2. The van der Waals surface area contributed by atoms with Crippen molar-refractivity contribution in [3.63, 3.8) is 0 Å². The van der Waals surface area contributed by atoms with Gasteiger partial charge in [0, 0.05) is 74.3 Å². The Kier molecular flexibility index (Phi) is 10.1. The van der Waals surface area contributed by atoms with Crippen LogP contribution in [-0.2, 0) is 20.9 Å². The lowest BCUT2D eigenvalue weighted by atomic mass is 9.84. The van der Waals surface area contributed by atoms with Crippen LogP contribution in [0.15, 0.2) is 48.5 Å². The number of nitrogens with one attached hydrogen (secondary N) is 3. The molecule has 2 aromatic rings.